The van der Waals surface area contributed by atoms with Crippen LogP contribution in [-0.2, 0) is 4.79 Å². The molecular formula is C23H26N2O2. The number of hydrogen-bond acceptors (Lipinski definition) is 3. The van der Waals surface area contributed by atoms with Gasteiger partial charge >= 0.3 is 0 Å². The Bertz CT molecular complexity index is 846. The topological polar surface area (TPSA) is 62.1 Å². The minimum Gasteiger partial charge on any atom is -0.497 e. The number of nitrogens with one attached hydrogen (secondary N) is 1. The number of methoxy groups -OCH3 is 1. The van der Waals surface area contributed by atoms with Crippen molar-refractivity contribution in [2.75, 3.05) is 12.4 Å². The molecule has 2 aromatic carbocycles. The number of para-hydroxylation sites is 1. The van der Waals surface area contributed by atoms with Gasteiger partial charge in [-0.2, -0.15) is 5.26 Å². The van der Waals surface area contributed by atoms with Crippen LogP contribution in [0.2, 0.25) is 0 Å². The largest absolute Gasteiger partial charge is 0.497 e. The van der Waals surface area contributed by atoms with Gasteiger partial charge in [0.2, 0.25) is 0 Å². The smallest absolute Gasteiger partial charge is 0.266 e. The van der Waals surface area contributed by atoms with E-state index < -0.39 is 5.91 Å². The summed E-state index contributed by atoms with van der Waals surface area (Å²) in [6, 6.07) is 15.3. The number of anilines is 1. The first-order chi connectivity index (χ1) is 12.9. The first kappa shape index (κ1) is 20.3. The molecule has 0 unspecified atom stereocenters. The number of amides is 1. The fourth-order valence-corrected chi connectivity index (χ4v) is 2.89. The van der Waals surface area contributed by atoms with Gasteiger partial charge in [0.05, 0.1) is 7.11 Å². The molecule has 0 radical (unpaired) electrons. The van der Waals surface area contributed by atoms with Gasteiger partial charge in [-0.05, 0) is 46.7 Å². The number of ether oxygens (including phenoxy) is 1. The molecule has 0 heterocycles. The lowest BCUT2D eigenvalue weighted by atomic mass is 9.92. The van der Waals surface area contributed by atoms with Gasteiger partial charge in [-0.25, -0.2) is 0 Å². The maximum atomic E-state index is 12.8. The van der Waals surface area contributed by atoms with Crippen molar-refractivity contribution in [3.63, 3.8) is 0 Å². The second kappa shape index (κ2) is 9.05. The number of hydrogen-bond donors (Lipinski definition) is 1. The fourth-order valence-electron chi connectivity index (χ4n) is 2.89. The van der Waals surface area contributed by atoms with E-state index >= 15 is 0 Å². The SMILES string of the molecule is COc1ccc(C=C(C#N)C(=O)Nc2c(C(C)C)cccc2C(C)C)cc1. The summed E-state index contributed by atoms with van der Waals surface area (Å²) in [4.78, 5) is 12.8. The van der Waals surface area contributed by atoms with Crippen LogP contribution in [0.1, 0.15) is 56.2 Å². The Balaban J connectivity index is 2.37. The fraction of sp³-hybridized carbons (Fsp3) is 0.304. The average molecular weight is 362 g/mol. The molecule has 2 aromatic rings. The third kappa shape index (κ3) is 4.98. The number of benzene rings is 2. The van der Waals surface area contributed by atoms with E-state index in [2.05, 4.69) is 33.0 Å². The molecule has 0 aliphatic heterocycles. The highest BCUT2D eigenvalue weighted by molar-refractivity contribution is 6.10. The summed E-state index contributed by atoms with van der Waals surface area (Å²) in [6.07, 6.45) is 1.59. The van der Waals surface area contributed by atoms with Gasteiger partial charge in [-0.1, -0.05) is 58.0 Å². The Hall–Kier alpha value is -3.06. The first-order valence-corrected chi connectivity index (χ1v) is 9.07. The van der Waals surface area contributed by atoms with Crippen LogP contribution in [0.15, 0.2) is 48.0 Å². The molecule has 0 saturated carbocycles. The number of nitriles is 1. The lowest BCUT2D eigenvalue weighted by Gasteiger charge is -2.20. The molecule has 0 atom stereocenters. The lowest BCUT2D eigenvalue weighted by Crippen LogP contribution is -2.17. The van der Waals surface area contributed by atoms with Gasteiger partial charge in [0, 0.05) is 5.69 Å². The number of carbonyl (C=O) groups excluding carboxylic acids is 1. The minimum absolute atomic E-state index is 0.0634. The van der Waals surface area contributed by atoms with Crippen molar-refractivity contribution >= 4 is 17.7 Å². The van der Waals surface area contributed by atoms with Crippen LogP contribution in [0.3, 0.4) is 0 Å². The van der Waals surface area contributed by atoms with E-state index in [0.717, 1.165) is 28.1 Å². The van der Waals surface area contributed by atoms with Gasteiger partial charge in [0.1, 0.15) is 17.4 Å². The van der Waals surface area contributed by atoms with E-state index in [0.29, 0.717) is 0 Å². The third-order valence-electron chi connectivity index (χ3n) is 4.40. The van der Waals surface area contributed by atoms with Gasteiger partial charge in [0.25, 0.3) is 5.91 Å². The van der Waals surface area contributed by atoms with Crippen LogP contribution >= 0.6 is 0 Å². The standard InChI is InChI=1S/C23H26N2O2/c1-15(2)20-7-6-8-21(16(3)4)22(20)25-23(26)18(14-24)13-17-9-11-19(27-5)12-10-17/h6-13,15-16H,1-5H3,(H,25,26). The van der Waals surface area contributed by atoms with E-state index in [4.69, 9.17) is 4.74 Å². The second-order valence-electron chi connectivity index (χ2n) is 7.02. The molecule has 27 heavy (non-hydrogen) atoms. The molecular weight excluding hydrogens is 336 g/mol. The summed E-state index contributed by atoms with van der Waals surface area (Å²) >= 11 is 0. The van der Waals surface area contributed by atoms with Gasteiger partial charge < -0.3 is 10.1 Å². The van der Waals surface area contributed by atoms with Crippen molar-refractivity contribution in [3.8, 4) is 11.8 Å². The lowest BCUT2D eigenvalue weighted by molar-refractivity contribution is -0.112. The van der Waals surface area contributed by atoms with Crippen LogP contribution in [0.5, 0.6) is 5.75 Å². The number of rotatable bonds is 6. The summed E-state index contributed by atoms with van der Waals surface area (Å²) in [5, 5.41) is 12.5. The Morgan fingerprint density at radius 2 is 1.59 bits per heavy atom. The number of carbonyl (C=O) groups is 1. The normalized spacial score (nSPS) is 11.4. The van der Waals surface area contributed by atoms with E-state index in [9.17, 15) is 10.1 Å². The molecule has 0 aliphatic rings. The molecule has 4 nitrogen and oxygen atoms in total. The minimum atomic E-state index is -0.400. The molecule has 0 bridgehead atoms. The van der Waals surface area contributed by atoms with E-state index in [1.165, 1.54) is 0 Å². The predicted molar refractivity (Wildman–Crippen MR) is 110 cm³/mol. The quantitative estimate of drug-likeness (QED) is 0.546. The summed E-state index contributed by atoms with van der Waals surface area (Å²) in [5.41, 5.74) is 3.77. The monoisotopic (exact) mass is 362 g/mol. The van der Waals surface area contributed by atoms with Crippen molar-refractivity contribution in [1.29, 1.82) is 5.26 Å². The van der Waals surface area contributed by atoms with Crippen LogP contribution < -0.4 is 10.1 Å². The zero-order valence-electron chi connectivity index (χ0n) is 16.5. The maximum absolute atomic E-state index is 12.8. The van der Waals surface area contributed by atoms with Crippen molar-refractivity contribution in [2.24, 2.45) is 0 Å². The predicted octanol–water partition coefficient (Wildman–Crippen LogP) is 5.49. The van der Waals surface area contributed by atoms with E-state index in [-0.39, 0.29) is 17.4 Å². The van der Waals surface area contributed by atoms with E-state index in [1.54, 1.807) is 25.3 Å². The van der Waals surface area contributed by atoms with Crippen molar-refractivity contribution in [3.05, 3.63) is 64.7 Å². The van der Waals surface area contributed by atoms with Gasteiger partial charge in [-0.15, -0.1) is 0 Å². The van der Waals surface area contributed by atoms with Crippen LogP contribution in [0.4, 0.5) is 5.69 Å². The van der Waals surface area contributed by atoms with Crippen molar-refractivity contribution in [1.82, 2.24) is 0 Å². The second-order valence-corrected chi connectivity index (χ2v) is 7.02. The third-order valence-corrected chi connectivity index (χ3v) is 4.40. The van der Waals surface area contributed by atoms with Gasteiger partial charge in [0.15, 0.2) is 0 Å². The molecule has 0 fully saturated rings. The molecule has 1 amide bonds. The molecule has 4 heteroatoms. The average Bonchev–Trinajstić information content (AvgIpc) is 2.66. The Labute approximate surface area is 161 Å². The molecule has 0 saturated heterocycles. The van der Waals surface area contributed by atoms with Crippen LogP contribution in [-0.4, -0.2) is 13.0 Å². The Morgan fingerprint density at radius 3 is 2.04 bits per heavy atom. The van der Waals surface area contributed by atoms with Crippen molar-refractivity contribution < 1.29 is 9.53 Å². The van der Waals surface area contributed by atoms with Crippen LogP contribution in [0, 0.1) is 11.3 Å². The zero-order chi connectivity index (χ0) is 20.0. The van der Waals surface area contributed by atoms with Gasteiger partial charge in [-0.3, -0.25) is 4.79 Å². The Kier molecular flexibility index (Phi) is 6.79. The Morgan fingerprint density at radius 1 is 1.04 bits per heavy atom. The molecule has 0 aromatic heterocycles. The molecule has 0 aliphatic carbocycles. The van der Waals surface area contributed by atoms with E-state index in [1.807, 2.05) is 36.4 Å². The highest BCUT2D eigenvalue weighted by Crippen LogP contribution is 2.32. The van der Waals surface area contributed by atoms with Crippen molar-refractivity contribution in [2.45, 2.75) is 39.5 Å². The molecule has 2 rings (SSSR count). The first-order valence-electron chi connectivity index (χ1n) is 9.07. The molecule has 0 spiro atoms. The molecule has 140 valence electrons. The highest BCUT2D eigenvalue weighted by atomic mass is 16.5. The summed E-state index contributed by atoms with van der Waals surface area (Å²) < 4.78 is 5.13. The zero-order valence-corrected chi connectivity index (χ0v) is 16.5. The molecule has 1 N–H and O–H groups in total. The summed E-state index contributed by atoms with van der Waals surface area (Å²) in [6.45, 7) is 8.36. The highest BCUT2D eigenvalue weighted by Gasteiger charge is 2.18. The number of nitrogens with zero attached hydrogens (tertiary/aromatic N) is 1. The maximum Gasteiger partial charge on any atom is 0.266 e. The summed E-state index contributed by atoms with van der Waals surface area (Å²) in [5.74, 6) is 0.844. The van der Waals surface area contributed by atoms with Crippen LogP contribution in [0.25, 0.3) is 6.08 Å². The summed E-state index contributed by atoms with van der Waals surface area (Å²) in [7, 11) is 1.59.